The number of hydrogen-bond acceptors (Lipinski definition) is 5. The van der Waals surface area contributed by atoms with Gasteiger partial charge in [0.1, 0.15) is 5.60 Å². The molecule has 1 saturated heterocycles. The summed E-state index contributed by atoms with van der Waals surface area (Å²) in [5.41, 5.74) is 5.94. The van der Waals surface area contributed by atoms with Gasteiger partial charge in [0.15, 0.2) is 0 Å². The van der Waals surface area contributed by atoms with Crippen LogP contribution >= 0.6 is 0 Å². The Morgan fingerprint density at radius 2 is 2.11 bits per heavy atom. The van der Waals surface area contributed by atoms with Gasteiger partial charge in [-0.3, -0.25) is 0 Å². The zero-order valence-corrected chi connectivity index (χ0v) is 11.7. The maximum atomic E-state index is 11.9. The van der Waals surface area contributed by atoms with E-state index in [9.17, 15) is 4.79 Å². The van der Waals surface area contributed by atoms with Crippen LogP contribution in [-0.2, 0) is 4.74 Å². The molecule has 1 aliphatic heterocycles. The molecule has 2 rings (SSSR count). The molecule has 1 fully saturated rings. The standard InChI is InChI=1S/C13H21N3O3/c1-13(2,3)18-12(17)16-6-4-9(5-7-16)10-8-11(14)19-15-10/h8-9H,4-7,14H2,1-3H3. The number of piperidine rings is 1. The van der Waals surface area contributed by atoms with E-state index >= 15 is 0 Å². The number of aromatic nitrogens is 1. The largest absolute Gasteiger partial charge is 0.444 e. The molecule has 19 heavy (non-hydrogen) atoms. The molecule has 0 unspecified atom stereocenters. The molecule has 0 radical (unpaired) electrons. The van der Waals surface area contributed by atoms with Crippen molar-refractivity contribution in [1.29, 1.82) is 0 Å². The number of anilines is 1. The van der Waals surface area contributed by atoms with Crippen LogP contribution in [0, 0.1) is 0 Å². The van der Waals surface area contributed by atoms with Gasteiger partial charge in [-0.15, -0.1) is 0 Å². The first-order chi connectivity index (χ1) is 8.85. The lowest BCUT2D eigenvalue weighted by Crippen LogP contribution is -2.41. The van der Waals surface area contributed by atoms with Gasteiger partial charge in [-0.2, -0.15) is 0 Å². The van der Waals surface area contributed by atoms with Crippen molar-refractivity contribution in [2.45, 2.75) is 45.1 Å². The average Bonchev–Trinajstić information content (AvgIpc) is 2.74. The number of ether oxygens (including phenoxy) is 1. The third-order valence-corrected chi connectivity index (χ3v) is 3.11. The lowest BCUT2D eigenvalue weighted by molar-refractivity contribution is 0.0203. The molecule has 6 nitrogen and oxygen atoms in total. The Kier molecular flexibility index (Phi) is 3.68. The van der Waals surface area contributed by atoms with Crippen LogP contribution in [0.3, 0.4) is 0 Å². The maximum absolute atomic E-state index is 11.9. The number of nitrogen functional groups attached to an aromatic ring is 1. The number of likely N-dealkylation sites (tertiary alicyclic amines) is 1. The van der Waals surface area contributed by atoms with Gasteiger partial charge in [-0.05, 0) is 33.6 Å². The van der Waals surface area contributed by atoms with Crippen molar-refractivity contribution in [3.8, 4) is 0 Å². The summed E-state index contributed by atoms with van der Waals surface area (Å²) >= 11 is 0. The highest BCUT2D eigenvalue weighted by molar-refractivity contribution is 5.68. The molecular formula is C13H21N3O3. The molecule has 2 N–H and O–H groups in total. The Morgan fingerprint density at radius 1 is 1.47 bits per heavy atom. The third kappa shape index (κ3) is 3.62. The fraction of sp³-hybridized carbons (Fsp3) is 0.692. The van der Waals surface area contributed by atoms with Gasteiger partial charge in [0.2, 0.25) is 5.88 Å². The molecule has 0 bridgehead atoms. The predicted molar refractivity (Wildman–Crippen MR) is 70.7 cm³/mol. The molecule has 1 amide bonds. The number of rotatable bonds is 1. The van der Waals surface area contributed by atoms with Gasteiger partial charge in [0, 0.05) is 25.1 Å². The minimum Gasteiger partial charge on any atom is -0.444 e. The van der Waals surface area contributed by atoms with Crippen LogP contribution in [0.5, 0.6) is 0 Å². The highest BCUT2D eigenvalue weighted by Gasteiger charge is 2.28. The monoisotopic (exact) mass is 267 g/mol. The van der Waals surface area contributed by atoms with Crippen LogP contribution in [0.25, 0.3) is 0 Å². The zero-order chi connectivity index (χ0) is 14.0. The van der Waals surface area contributed by atoms with E-state index in [2.05, 4.69) is 5.16 Å². The number of amides is 1. The van der Waals surface area contributed by atoms with E-state index in [0.29, 0.717) is 24.9 Å². The number of carbonyl (C=O) groups excluding carboxylic acids is 1. The Bertz CT molecular complexity index is 442. The SMILES string of the molecule is CC(C)(C)OC(=O)N1CCC(c2cc(N)on2)CC1. The van der Waals surface area contributed by atoms with Gasteiger partial charge in [0.25, 0.3) is 0 Å². The molecule has 2 heterocycles. The highest BCUT2D eigenvalue weighted by Crippen LogP contribution is 2.28. The lowest BCUT2D eigenvalue weighted by Gasteiger charge is -2.32. The second-order valence-corrected chi connectivity index (χ2v) is 5.90. The second-order valence-electron chi connectivity index (χ2n) is 5.90. The van der Waals surface area contributed by atoms with Crippen molar-refractivity contribution in [1.82, 2.24) is 10.1 Å². The zero-order valence-electron chi connectivity index (χ0n) is 11.7. The minimum absolute atomic E-state index is 0.245. The number of nitrogens with two attached hydrogens (primary N) is 1. The molecule has 0 aromatic carbocycles. The van der Waals surface area contributed by atoms with Crippen LogP contribution in [0.2, 0.25) is 0 Å². The molecule has 6 heteroatoms. The fourth-order valence-electron chi connectivity index (χ4n) is 2.18. The molecule has 0 saturated carbocycles. The third-order valence-electron chi connectivity index (χ3n) is 3.11. The Labute approximate surface area is 112 Å². The Hall–Kier alpha value is -1.72. The van der Waals surface area contributed by atoms with E-state index in [4.69, 9.17) is 15.0 Å². The topological polar surface area (TPSA) is 81.6 Å². The van der Waals surface area contributed by atoms with Gasteiger partial charge in [-0.25, -0.2) is 4.79 Å². The van der Waals surface area contributed by atoms with Crippen LogP contribution < -0.4 is 5.73 Å². The van der Waals surface area contributed by atoms with Crippen molar-refractivity contribution in [3.63, 3.8) is 0 Å². The number of hydrogen-bond donors (Lipinski definition) is 1. The van der Waals surface area contributed by atoms with Gasteiger partial charge >= 0.3 is 6.09 Å². The lowest BCUT2D eigenvalue weighted by atomic mass is 9.94. The Balaban J connectivity index is 1.87. The van der Waals surface area contributed by atoms with Crippen molar-refractivity contribution >= 4 is 12.0 Å². The molecule has 0 aliphatic carbocycles. The van der Waals surface area contributed by atoms with Crippen molar-refractivity contribution in [2.75, 3.05) is 18.8 Å². The van der Waals surface area contributed by atoms with E-state index in [-0.39, 0.29) is 6.09 Å². The van der Waals surface area contributed by atoms with Crippen molar-refractivity contribution in [2.24, 2.45) is 0 Å². The molecule has 1 aromatic rings. The van der Waals surface area contributed by atoms with Crippen LogP contribution in [0.15, 0.2) is 10.6 Å². The summed E-state index contributed by atoms with van der Waals surface area (Å²) in [4.78, 5) is 13.7. The molecule has 1 aliphatic rings. The summed E-state index contributed by atoms with van der Waals surface area (Å²) in [6.07, 6.45) is 1.46. The first-order valence-electron chi connectivity index (χ1n) is 6.55. The summed E-state index contributed by atoms with van der Waals surface area (Å²) < 4.78 is 10.2. The molecule has 1 aromatic heterocycles. The van der Waals surface area contributed by atoms with Gasteiger partial charge < -0.3 is 19.9 Å². The van der Waals surface area contributed by atoms with E-state index < -0.39 is 5.60 Å². The normalized spacial score (nSPS) is 17.5. The molecule has 106 valence electrons. The van der Waals surface area contributed by atoms with E-state index in [0.717, 1.165) is 18.5 Å². The fourth-order valence-corrected chi connectivity index (χ4v) is 2.18. The molecular weight excluding hydrogens is 246 g/mol. The first-order valence-corrected chi connectivity index (χ1v) is 6.55. The summed E-state index contributed by atoms with van der Waals surface area (Å²) in [6.45, 7) is 6.96. The van der Waals surface area contributed by atoms with E-state index in [1.54, 1.807) is 11.0 Å². The second kappa shape index (κ2) is 5.11. The van der Waals surface area contributed by atoms with Crippen LogP contribution in [0.1, 0.15) is 45.2 Å². The summed E-state index contributed by atoms with van der Waals surface area (Å²) in [5.74, 6) is 0.643. The summed E-state index contributed by atoms with van der Waals surface area (Å²) in [6, 6.07) is 1.76. The summed E-state index contributed by atoms with van der Waals surface area (Å²) in [5, 5.41) is 3.93. The van der Waals surface area contributed by atoms with Gasteiger partial charge in [0.05, 0.1) is 5.69 Å². The highest BCUT2D eigenvalue weighted by atomic mass is 16.6. The Morgan fingerprint density at radius 3 is 2.58 bits per heavy atom. The maximum Gasteiger partial charge on any atom is 0.410 e. The van der Waals surface area contributed by atoms with Crippen molar-refractivity contribution < 1.29 is 14.1 Å². The van der Waals surface area contributed by atoms with Crippen LogP contribution in [0.4, 0.5) is 10.7 Å². The number of nitrogens with zero attached hydrogens (tertiary/aromatic N) is 2. The average molecular weight is 267 g/mol. The predicted octanol–water partition coefficient (Wildman–Crippen LogP) is 2.37. The van der Waals surface area contributed by atoms with E-state index in [1.165, 1.54) is 0 Å². The smallest absolute Gasteiger partial charge is 0.410 e. The first kappa shape index (κ1) is 13.7. The molecule has 0 atom stereocenters. The van der Waals surface area contributed by atoms with Crippen LogP contribution in [-0.4, -0.2) is 34.8 Å². The minimum atomic E-state index is -0.450. The van der Waals surface area contributed by atoms with Crippen molar-refractivity contribution in [3.05, 3.63) is 11.8 Å². The quantitative estimate of drug-likeness (QED) is 0.844. The molecule has 0 spiro atoms. The van der Waals surface area contributed by atoms with Gasteiger partial charge in [-0.1, -0.05) is 5.16 Å². The summed E-state index contributed by atoms with van der Waals surface area (Å²) in [7, 11) is 0. The van der Waals surface area contributed by atoms with E-state index in [1.807, 2.05) is 20.8 Å². The number of carbonyl (C=O) groups is 1.